The maximum Gasteiger partial charge on any atom is 0.323 e. The number of hydrogen-bond acceptors (Lipinski definition) is 4. The number of primary amides is 1. The SMILES string of the molecule is NC(=O)CN(CC(=O)O)C(=O)c1ccc(Cl)nc1Cl. The molecule has 1 aromatic rings. The van der Waals surface area contributed by atoms with Crippen LogP contribution in [0.15, 0.2) is 12.1 Å². The molecule has 0 aliphatic heterocycles. The molecule has 3 N–H and O–H groups in total. The van der Waals surface area contributed by atoms with Gasteiger partial charge in [-0.3, -0.25) is 14.4 Å². The van der Waals surface area contributed by atoms with E-state index in [1.807, 2.05) is 0 Å². The Morgan fingerprint density at radius 1 is 1.26 bits per heavy atom. The predicted molar refractivity (Wildman–Crippen MR) is 67.0 cm³/mol. The fourth-order valence-electron chi connectivity index (χ4n) is 1.29. The highest BCUT2D eigenvalue weighted by Crippen LogP contribution is 2.18. The summed E-state index contributed by atoms with van der Waals surface area (Å²) in [5.41, 5.74) is 4.89. The van der Waals surface area contributed by atoms with E-state index in [4.69, 9.17) is 34.0 Å². The number of rotatable bonds is 5. The second kappa shape index (κ2) is 6.35. The van der Waals surface area contributed by atoms with E-state index in [0.29, 0.717) is 0 Å². The summed E-state index contributed by atoms with van der Waals surface area (Å²) in [4.78, 5) is 37.9. The van der Waals surface area contributed by atoms with Crippen LogP contribution in [0, 0.1) is 0 Å². The van der Waals surface area contributed by atoms with Crippen LogP contribution in [0.25, 0.3) is 0 Å². The van der Waals surface area contributed by atoms with Crippen molar-refractivity contribution < 1.29 is 19.5 Å². The molecule has 1 heterocycles. The van der Waals surface area contributed by atoms with Gasteiger partial charge in [0.15, 0.2) is 0 Å². The number of aromatic nitrogens is 1. The number of carboxylic acid groups (broad SMARTS) is 1. The summed E-state index contributed by atoms with van der Waals surface area (Å²) in [6.07, 6.45) is 0. The van der Waals surface area contributed by atoms with E-state index in [1.165, 1.54) is 12.1 Å². The van der Waals surface area contributed by atoms with Crippen molar-refractivity contribution in [3.63, 3.8) is 0 Å². The molecule has 9 heteroatoms. The van der Waals surface area contributed by atoms with Crippen molar-refractivity contribution in [2.45, 2.75) is 0 Å². The van der Waals surface area contributed by atoms with Crippen LogP contribution in [-0.2, 0) is 9.59 Å². The monoisotopic (exact) mass is 305 g/mol. The molecular weight excluding hydrogens is 297 g/mol. The number of carboxylic acids is 1. The molecular formula is C10H9Cl2N3O4. The molecule has 0 unspecified atom stereocenters. The molecule has 0 aromatic carbocycles. The van der Waals surface area contributed by atoms with Crippen molar-refractivity contribution in [2.75, 3.05) is 13.1 Å². The van der Waals surface area contributed by atoms with Crippen LogP contribution in [0.1, 0.15) is 10.4 Å². The lowest BCUT2D eigenvalue weighted by atomic mass is 10.2. The first-order valence-electron chi connectivity index (χ1n) is 4.92. The Labute approximate surface area is 117 Å². The number of carbonyl (C=O) groups is 3. The summed E-state index contributed by atoms with van der Waals surface area (Å²) in [6, 6.07) is 2.61. The minimum absolute atomic E-state index is 0.0615. The molecule has 0 saturated carbocycles. The number of nitrogens with zero attached hydrogens (tertiary/aromatic N) is 2. The van der Waals surface area contributed by atoms with Gasteiger partial charge in [0.2, 0.25) is 5.91 Å². The Morgan fingerprint density at radius 2 is 1.89 bits per heavy atom. The lowest BCUT2D eigenvalue weighted by Gasteiger charge is -2.19. The smallest absolute Gasteiger partial charge is 0.323 e. The number of carbonyl (C=O) groups excluding carboxylic acids is 2. The zero-order valence-electron chi connectivity index (χ0n) is 9.47. The van der Waals surface area contributed by atoms with Crippen LogP contribution in [-0.4, -0.2) is 45.9 Å². The average Bonchev–Trinajstić information content (AvgIpc) is 2.26. The van der Waals surface area contributed by atoms with Gasteiger partial charge >= 0.3 is 5.97 Å². The molecule has 0 aliphatic rings. The van der Waals surface area contributed by atoms with Gasteiger partial charge in [0.05, 0.1) is 5.56 Å². The maximum atomic E-state index is 12.0. The van der Waals surface area contributed by atoms with E-state index in [2.05, 4.69) is 4.98 Å². The first kappa shape index (κ1) is 15.2. The summed E-state index contributed by atoms with van der Waals surface area (Å²) < 4.78 is 0. The van der Waals surface area contributed by atoms with E-state index in [9.17, 15) is 14.4 Å². The van der Waals surface area contributed by atoms with Crippen molar-refractivity contribution >= 4 is 41.0 Å². The summed E-state index contributed by atoms with van der Waals surface area (Å²) in [5, 5.41) is 8.59. The minimum atomic E-state index is -1.28. The van der Waals surface area contributed by atoms with E-state index >= 15 is 0 Å². The molecule has 102 valence electrons. The second-order valence-corrected chi connectivity index (χ2v) is 4.24. The highest BCUT2D eigenvalue weighted by atomic mass is 35.5. The molecule has 0 aliphatic carbocycles. The van der Waals surface area contributed by atoms with Crippen LogP contribution < -0.4 is 5.73 Å². The molecule has 0 radical (unpaired) electrons. The van der Waals surface area contributed by atoms with Crippen LogP contribution in [0.3, 0.4) is 0 Å². The molecule has 2 amide bonds. The summed E-state index contributed by atoms with van der Waals surface area (Å²) in [7, 11) is 0. The molecule has 0 saturated heterocycles. The molecule has 19 heavy (non-hydrogen) atoms. The van der Waals surface area contributed by atoms with Gasteiger partial charge in [-0.15, -0.1) is 0 Å². The average molecular weight is 306 g/mol. The van der Waals surface area contributed by atoms with E-state index in [0.717, 1.165) is 4.90 Å². The number of aliphatic carboxylic acids is 1. The normalized spacial score (nSPS) is 10.0. The van der Waals surface area contributed by atoms with Gasteiger partial charge in [0, 0.05) is 0 Å². The Hall–Kier alpha value is -1.86. The maximum absolute atomic E-state index is 12.0. The van der Waals surface area contributed by atoms with Gasteiger partial charge in [-0.05, 0) is 12.1 Å². The fourth-order valence-corrected chi connectivity index (χ4v) is 1.72. The van der Waals surface area contributed by atoms with Crippen LogP contribution >= 0.6 is 23.2 Å². The number of halogens is 2. The first-order chi connectivity index (χ1) is 8.81. The van der Waals surface area contributed by atoms with Crippen LogP contribution in [0.2, 0.25) is 10.3 Å². The lowest BCUT2D eigenvalue weighted by molar-refractivity contribution is -0.138. The molecule has 0 fully saturated rings. The Balaban J connectivity index is 3.04. The van der Waals surface area contributed by atoms with E-state index in [1.54, 1.807) is 0 Å². The molecule has 1 aromatic heterocycles. The van der Waals surface area contributed by atoms with Gasteiger partial charge in [-0.2, -0.15) is 0 Å². The summed E-state index contributed by atoms with van der Waals surface area (Å²) in [6.45, 7) is -1.22. The summed E-state index contributed by atoms with van der Waals surface area (Å²) >= 11 is 11.3. The van der Waals surface area contributed by atoms with Crippen molar-refractivity contribution in [1.29, 1.82) is 0 Å². The van der Waals surface area contributed by atoms with Crippen molar-refractivity contribution in [3.8, 4) is 0 Å². The molecule has 0 bridgehead atoms. The first-order valence-corrected chi connectivity index (χ1v) is 5.68. The number of hydrogen-bond donors (Lipinski definition) is 2. The zero-order chi connectivity index (χ0) is 14.6. The highest BCUT2D eigenvalue weighted by Gasteiger charge is 2.22. The fraction of sp³-hybridized carbons (Fsp3) is 0.200. The topological polar surface area (TPSA) is 114 Å². The van der Waals surface area contributed by atoms with Crippen molar-refractivity contribution in [2.24, 2.45) is 5.73 Å². The van der Waals surface area contributed by atoms with Crippen molar-refractivity contribution in [1.82, 2.24) is 9.88 Å². The third-order valence-corrected chi connectivity index (χ3v) is 2.50. The Morgan fingerprint density at radius 3 is 2.37 bits per heavy atom. The van der Waals surface area contributed by atoms with E-state index in [-0.39, 0.29) is 15.9 Å². The van der Waals surface area contributed by atoms with Gasteiger partial charge in [0.25, 0.3) is 5.91 Å². The van der Waals surface area contributed by atoms with Gasteiger partial charge < -0.3 is 15.7 Å². The number of pyridine rings is 1. The van der Waals surface area contributed by atoms with Gasteiger partial charge in [-0.1, -0.05) is 23.2 Å². The molecule has 0 atom stereocenters. The lowest BCUT2D eigenvalue weighted by Crippen LogP contribution is -2.41. The molecule has 0 spiro atoms. The van der Waals surface area contributed by atoms with Gasteiger partial charge in [-0.25, -0.2) is 4.98 Å². The zero-order valence-corrected chi connectivity index (χ0v) is 11.0. The van der Waals surface area contributed by atoms with Crippen LogP contribution in [0.5, 0.6) is 0 Å². The molecule has 7 nitrogen and oxygen atoms in total. The number of nitrogens with two attached hydrogens (primary N) is 1. The predicted octanol–water partition coefficient (Wildman–Crippen LogP) is 0.400. The highest BCUT2D eigenvalue weighted by molar-refractivity contribution is 6.34. The van der Waals surface area contributed by atoms with Crippen molar-refractivity contribution in [3.05, 3.63) is 28.0 Å². The Kier molecular flexibility index (Phi) is 5.08. The third-order valence-electron chi connectivity index (χ3n) is 2.01. The summed E-state index contributed by atoms with van der Waals surface area (Å²) in [5.74, 6) is -2.89. The van der Waals surface area contributed by atoms with Crippen LogP contribution in [0.4, 0.5) is 0 Å². The third kappa shape index (κ3) is 4.38. The standard InChI is InChI=1S/C10H9Cl2N3O4/c11-6-2-1-5(9(12)14-6)10(19)15(3-7(13)16)4-8(17)18/h1-2H,3-4H2,(H2,13,16)(H,17,18). The Bertz CT molecular complexity index is 520. The minimum Gasteiger partial charge on any atom is -0.480 e. The van der Waals surface area contributed by atoms with E-state index < -0.39 is 30.9 Å². The quantitative estimate of drug-likeness (QED) is 0.764. The number of amides is 2. The largest absolute Gasteiger partial charge is 0.480 e. The molecule has 1 rings (SSSR count). The second-order valence-electron chi connectivity index (χ2n) is 3.49. The van der Waals surface area contributed by atoms with Gasteiger partial charge in [0.1, 0.15) is 23.4 Å².